The Labute approximate surface area is 93.2 Å². The topological polar surface area (TPSA) is 52.8 Å². The molecule has 0 atom stereocenters. The van der Waals surface area contributed by atoms with Gasteiger partial charge >= 0.3 is 0 Å². The van der Waals surface area contributed by atoms with Crippen LogP contribution in [0, 0.1) is 0 Å². The summed E-state index contributed by atoms with van der Waals surface area (Å²) in [5.41, 5.74) is 1.52. The van der Waals surface area contributed by atoms with Crippen molar-refractivity contribution >= 4 is 6.21 Å². The molecule has 14 heavy (non-hydrogen) atoms. The second kappa shape index (κ2) is 6.24. The van der Waals surface area contributed by atoms with E-state index in [9.17, 15) is 5.11 Å². The molecule has 79 valence electrons. The van der Waals surface area contributed by atoms with E-state index < -0.39 is 0 Å². The molecule has 0 heterocycles. The van der Waals surface area contributed by atoms with Gasteiger partial charge in [-0.05, 0) is 24.1 Å². The summed E-state index contributed by atoms with van der Waals surface area (Å²) in [6, 6.07) is 5.11. The van der Waals surface area contributed by atoms with Crippen LogP contribution in [-0.2, 0) is 23.5 Å². The first-order valence-electron chi connectivity index (χ1n) is 3.88. The first kappa shape index (κ1) is 12.7. The van der Waals surface area contributed by atoms with Crippen LogP contribution in [0.2, 0.25) is 0 Å². The van der Waals surface area contributed by atoms with Gasteiger partial charge in [0.25, 0.3) is 0 Å². The van der Waals surface area contributed by atoms with E-state index in [0.717, 1.165) is 12.0 Å². The van der Waals surface area contributed by atoms with Crippen molar-refractivity contribution in [2.24, 2.45) is 5.16 Å². The zero-order valence-electron chi connectivity index (χ0n) is 7.44. The van der Waals surface area contributed by atoms with Crippen LogP contribution in [0.25, 0.3) is 0 Å². The average Bonchev–Trinajstić information content (AvgIpc) is 2.12. The molecule has 0 saturated heterocycles. The number of phenols is 1. The Bertz CT molecular complexity index is 337. The predicted molar refractivity (Wildman–Crippen MR) is 51.4 cm³/mol. The maximum Gasteiger partial charge on any atom is 0.124 e. The Kier molecular flexibility index (Phi) is 5.68. The minimum atomic E-state index is 0. The van der Waals surface area contributed by atoms with Crippen molar-refractivity contribution in [1.82, 2.24) is 0 Å². The molecule has 0 spiro atoms. The molecule has 0 aliphatic heterocycles. The van der Waals surface area contributed by atoms with Gasteiger partial charge in [-0.1, -0.05) is 17.3 Å². The molecule has 2 N–H and O–H groups in total. The van der Waals surface area contributed by atoms with Crippen molar-refractivity contribution in [2.45, 2.75) is 6.42 Å². The first-order valence-corrected chi connectivity index (χ1v) is 3.88. The van der Waals surface area contributed by atoms with Crippen LogP contribution in [0.15, 0.2) is 36.0 Å². The largest absolute Gasteiger partial charge is 0.507 e. The molecule has 1 aromatic rings. The Balaban J connectivity index is 0.00000169. The fourth-order valence-electron chi connectivity index (χ4n) is 1.06. The predicted octanol–water partition coefficient (Wildman–Crippen LogP) is 1.93. The summed E-state index contributed by atoms with van der Waals surface area (Å²) >= 11 is 0. The minimum Gasteiger partial charge on any atom is -0.507 e. The third-order valence-corrected chi connectivity index (χ3v) is 1.67. The molecule has 1 radical (unpaired) electrons. The molecule has 0 aromatic heterocycles. The number of hydrogen-bond donors (Lipinski definition) is 2. The third kappa shape index (κ3) is 3.24. The molecule has 0 unspecified atom stereocenters. The molecule has 4 heteroatoms. The molecular weight excluding hydrogens is 230 g/mol. The molecular formula is C10H11CuNO2. The molecule has 0 saturated carbocycles. The summed E-state index contributed by atoms with van der Waals surface area (Å²) in [5, 5.41) is 20.5. The van der Waals surface area contributed by atoms with Crippen LogP contribution < -0.4 is 0 Å². The maximum absolute atomic E-state index is 9.31. The average molecular weight is 241 g/mol. The van der Waals surface area contributed by atoms with Crippen molar-refractivity contribution in [2.75, 3.05) is 0 Å². The van der Waals surface area contributed by atoms with Crippen LogP contribution in [0.4, 0.5) is 0 Å². The summed E-state index contributed by atoms with van der Waals surface area (Å²) in [6.45, 7) is 3.61. The van der Waals surface area contributed by atoms with E-state index in [1.165, 1.54) is 6.21 Å². The fraction of sp³-hybridized carbons (Fsp3) is 0.100. The fourth-order valence-corrected chi connectivity index (χ4v) is 1.06. The summed E-state index contributed by atoms with van der Waals surface area (Å²) in [7, 11) is 0. The zero-order chi connectivity index (χ0) is 9.68. The minimum absolute atomic E-state index is 0. The SMILES string of the molecule is C=CCc1ccc(O)c(C=NO)c1.[Cu]. The zero-order valence-corrected chi connectivity index (χ0v) is 8.39. The normalized spacial score (nSPS) is 9.71. The second-order valence-corrected chi connectivity index (χ2v) is 2.63. The second-order valence-electron chi connectivity index (χ2n) is 2.63. The van der Waals surface area contributed by atoms with Crippen molar-refractivity contribution in [3.05, 3.63) is 42.0 Å². The van der Waals surface area contributed by atoms with E-state index >= 15 is 0 Å². The number of benzene rings is 1. The van der Waals surface area contributed by atoms with E-state index in [4.69, 9.17) is 5.21 Å². The summed E-state index contributed by atoms with van der Waals surface area (Å²) in [5.74, 6) is 0.102. The Hall–Kier alpha value is -1.25. The van der Waals surface area contributed by atoms with Crippen LogP contribution >= 0.6 is 0 Å². The van der Waals surface area contributed by atoms with E-state index in [2.05, 4.69) is 11.7 Å². The molecule has 1 aromatic carbocycles. The number of allylic oxidation sites excluding steroid dienone is 1. The van der Waals surface area contributed by atoms with Gasteiger partial charge in [0.2, 0.25) is 0 Å². The van der Waals surface area contributed by atoms with Crippen LogP contribution in [0.5, 0.6) is 5.75 Å². The summed E-state index contributed by atoms with van der Waals surface area (Å²) in [6.07, 6.45) is 3.70. The number of nitrogens with zero attached hydrogens (tertiary/aromatic N) is 1. The van der Waals surface area contributed by atoms with Crippen LogP contribution in [0.3, 0.4) is 0 Å². The van der Waals surface area contributed by atoms with Crippen LogP contribution in [0.1, 0.15) is 11.1 Å². The molecule has 1 rings (SSSR count). The standard InChI is InChI=1S/C10H11NO2.Cu/c1-2-3-8-4-5-10(12)9(6-8)7-11-13;/h2,4-7,12-13H,1,3H2;. The third-order valence-electron chi connectivity index (χ3n) is 1.67. The van der Waals surface area contributed by atoms with Gasteiger partial charge in [-0.25, -0.2) is 0 Å². The van der Waals surface area contributed by atoms with E-state index in [1.54, 1.807) is 24.3 Å². The summed E-state index contributed by atoms with van der Waals surface area (Å²) < 4.78 is 0. The van der Waals surface area contributed by atoms with Gasteiger partial charge in [-0.15, -0.1) is 6.58 Å². The van der Waals surface area contributed by atoms with Gasteiger partial charge in [0.1, 0.15) is 5.75 Å². The Morgan fingerprint density at radius 1 is 1.43 bits per heavy atom. The van der Waals surface area contributed by atoms with Crippen LogP contribution in [-0.4, -0.2) is 16.5 Å². The Morgan fingerprint density at radius 2 is 2.14 bits per heavy atom. The van der Waals surface area contributed by atoms with Crippen molar-refractivity contribution in [3.8, 4) is 5.75 Å². The smallest absolute Gasteiger partial charge is 0.124 e. The van der Waals surface area contributed by atoms with Gasteiger partial charge in [0.15, 0.2) is 0 Å². The number of hydrogen-bond acceptors (Lipinski definition) is 3. The number of phenolic OH excluding ortho intramolecular Hbond substituents is 1. The van der Waals surface area contributed by atoms with Gasteiger partial charge in [-0.2, -0.15) is 0 Å². The van der Waals surface area contributed by atoms with Gasteiger partial charge < -0.3 is 10.3 Å². The quantitative estimate of drug-likeness (QED) is 0.279. The van der Waals surface area contributed by atoms with Gasteiger partial charge in [0.05, 0.1) is 6.21 Å². The number of rotatable bonds is 3. The first-order chi connectivity index (χ1) is 6.27. The monoisotopic (exact) mass is 240 g/mol. The van der Waals surface area contributed by atoms with E-state index in [1.807, 2.05) is 0 Å². The van der Waals surface area contributed by atoms with Gasteiger partial charge in [-0.3, -0.25) is 0 Å². The maximum atomic E-state index is 9.31. The van der Waals surface area contributed by atoms with Crippen molar-refractivity contribution < 1.29 is 27.4 Å². The molecule has 0 aliphatic carbocycles. The van der Waals surface area contributed by atoms with Crippen molar-refractivity contribution in [3.63, 3.8) is 0 Å². The Morgan fingerprint density at radius 3 is 2.71 bits per heavy atom. The summed E-state index contributed by atoms with van der Waals surface area (Å²) in [4.78, 5) is 0. The van der Waals surface area contributed by atoms with E-state index in [0.29, 0.717) is 5.56 Å². The molecule has 0 amide bonds. The molecule has 0 fully saturated rings. The molecule has 0 aliphatic rings. The van der Waals surface area contributed by atoms with Gasteiger partial charge in [0, 0.05) is 22.6 Å². The number of oxime groups is 1. The molecule has 0 bridgehead atoms. The van der Waals surface area contributed by atoms with Crippen molar-refractivity contribution in [1.29, 1.82) is 0 Å². The molecule has 3 nitrogen and oxygen atoms in total. The van der Waals surface area contributed by atoms with E-state index in [-0.39, 0.29) is 22.8 Å². The number of aromatic hydroxyl groups is 1.